The lowest BCUT2D eigenvalue weighted by atomic mass is 9.96. The Morgan fingerprint density at radius 1 is 1.27 bits per heavy atom. The largest absolute Gasteiger partial charge is 0.352 e. The van der Waals surface area contributed by atoms with E-state index >= 15 is 0 Å². The van der Waals surface area contributed by atoms with Crippen molar-refractivity contribution < 1.29 is 13.2 Å². The van der Waals surface area contributed by atoms with Crippen LogP contribution < -0.4 is 15.4 Å². The van der Waals surface area contributed by atoms with Crippen LogP contribution in [0.15, 0.2) is 23.1 Å². The van der Waals surface area contributed by atoms with Gasteiger partial charge in [-0.3, -0.25) is 4.79 Å². The van der Waals surface area contributed by atoms with Gasteiger partial charge in [0.1, 0.15) is 0 Å². The van der Waals surface area contributed by atoms with E-state index in [1.54, 1.807) is 12.1 Å². The average Bonchev–Trinajstić information content (AvgIpc) is 2.49. The molecule has 0 saturated carbocycles. The first-order valence-corrected chi connectivity index (χ1v) is 9.10. The summed E-state index contributed by atoms with van der Waals surface area (Å²) in [7, 11) is -3.62. The standard InChI is InChI=1S/C15H21N3O3S/c1-10-4-6-16-9-14(10)18-22(20,21)12-3-2-11-5-7-17-15(19)13(11)8-12/h2-3,8,10,14,16,18H,4-7,9H2,1H3,(H,17,19). The first kappa shape index (κ1) is 15.5. The minimum Gasteiger partial charge on any atom is -0.352 e. The van der Waals surface area contributed by atoms with Crippen molar-refractivity contribution in [2.24, 2.45) is 5.92 Å². The fourth-order valence-corrected chi connectivity index (χ4v) is 4.34. The maximum absolute atomic E-state index is 12.6. The number of hydrogen-bond acceptors (Lipinski definition) is 4. The number of sulfonamides is 1. The Bertz CT molecular complexity index is 687. The summed E-state index contributed by atoms with van der Waals surface area (Å²) in [4.78, 5) is 12.0. The quantitative estimate of drug-likeness (QED) is 0.744. The minimum absolute atomic E-state index is 0.122. The molecule has 3 N–H and O–H groups in total. The van der Waals surface area contributed by atoms with E-state index in [4.69, 9.17) is 0 Å². The Balaban J connectivity index is 1.86. The second kappa shape index (κ2) is 5.98. The molecule has 2 aliphatic heterocycles. The summed E-state index contributed by atoms with van der Waals surface area (Å²) >= 11 is 0. The van der Waals surface area contributed by atoms with Crippen LogP contribution in [0, 0.1) is 5.92 Å². The topological polar surface area (TPSA) is 87.3 Å². The zero-order valence-electron chi connectivity index (χ0n) is 12.6. The van der Waals surface area contributed by atoms with Gasteiger partial charge in [0.2, 0.25) is 10.0 Å². The van der Waals surface area contributed by atoms with Crippen molar-refractivity contribution in [2.75, 3.05) is 19.6 Å². The minimum atomic E-state index is -3.62. The highest BCUT2D eigenvalue weighted by Crippen LogP contribution is 2.20. The number of rotatable bonds is 3. The molecule has 0 bridgehead atoms. The second-order valence-electron chi connectivity index (χ2n) is 6.02. The molecule has 22 heavy (non-hydrogen) atoms. The predicted octanol–water partition coefficient (Wildman–Crippen LogP) is 0.249. The van der Waals surface area contributed by atoms with Crippen LogP contribution in [0.3, 0.4) is 0 Å². The molecule has 6 nitrogen and oxygen atoms in total. The highest BCUT2D eigenvalue weighted by molar-refractivity contribution is 7.89. The smallest absolute Gasteiger partial charge is 0.251 e. The maximum Gasteiger partial charge on any atom is 0.251 e. The molecular weight excluding hydrogens is 302 g/mol. The highest BCUT2D eigenvalue weighted by Gasteiger charge is 2.28. The van der Waals surface area contributed by atoms with Gasteiger partial charge in [-0.25, -0.2) is 13.1 Å². The Morgan fingerprint density at radius 2 is 2.09 bits per heavy atom. The van der Waals surface area contributed by atoms with Crippen molar-refractivity contribution in [3.63, 3.8) is 0 Å². The van der Waals surface area contributed by atoms with E-state index in [1.807, 2.05) is 6.92 Å². The van der Waals surface area contributed by atoms with Gasteiger partial charge >= 0.3 is 0 Å². The van der Waals surface area contributed by atoms with Crippen LogP contribution in [0.25, 0.3) is 0 Å². The zero-order chi connectivity index (χ0) is 15.7. The molecule has 1 aromatic rings. The van der Waals surface area contributed by atoms with Gasteiger partial charge in [-0.05, 0) is 43.0 Å². The Kier molecular flexibility index (Phi) is 4.20. The Labute approximate surface area is 130 Å². The Hall–Kier alpha value is -1.44. The van der Waals surface area contributed by atoms with Crippen molar-refractivity contribution in [3.05, 3.63) is 29.3 Å². The third-order valence-corrected chi connectivity index (χ3v) is 5.94. The maximum atomic E-state index is 12.6. The van der Waals surface area contributed by atoms with Crippen LogP contribution in [0.2, 0.25) is 0 Å². The summed E-state index contributed by atoms with van der Waals surface area (Å²) in [5.41, 5.74) is 1.36. The molecule has 2 heterocycles. The Morgan fingerprint density at radius 3 is 2.86 bits per heavy atom. The van der Waals surface area contributed by atoms with E-state index in [0.29, 0.717) is 18.7 Å². The third-order valence-electron chi connectivity index (χ3n) is 4.45. The summed E-state index contributed by atoms with van der Waals surface area (Å²) < 4.78 is 27.9. The zero-order valence-corrected chi connectivity index (χ0v) is 13.4. The summed E-state index contributed by atoms with van der Waals surface area (Å²) in [6.07, 6.45) is 1.68. The molecule has 7 heteroatoms. The number of piperidine rings is 1. The predicted molar refractivity (Wildman–Crippen MR) is 83.2 cm³/mol. The molecule has 1 amide bonds. The van der Waals surface area contributed by atoms with E-state index in [2.05, 4.69) is 15.4 Å². The molecule has 0 radical (unpaired) electrons. The van der Waals surface area contributed by atoms with Crippen molar-refractivity contribution >= 4 is 15.9 Å². The van der Waals surface area contributed by atoms with Crippen molar-refractivity contribution in [2.45, 2.75) is 30.7 Å². The second-order valence-corrected chi connectivity index (χ2v) is 7.74. The van der Waals surface area contributed by atoms with Crippen LogP contribution in [0.4, 0.5) is 0 Å². The molecule has 3 rings (SSSR count). The number of amides is 1. The molecule has 0 spiro atoms. The van der Waals surface area contributed by atoms with Crippen LogP contribution in [0.1, 0.15) is 29.3 Å². The summed E-state index contributed by atoms with van der Waals surface area (Å²) in [6.45, 7) is 4.19. The van der Waals surface area contributed by atoms with E-state index in [1.165, 1.54) is 6.07 Å². The number of nitrogens with one attached hydrogen (secondary N) is 3. The molecule has 2 unspecified atom stereocenters. The van der Waals surface area contributed by atoms with Crippen LogP contribution in [-0.4, -0.2) is 40.0 Å². The van der Waals surface area contributed by atoms with E-state index in [-0.39, 0.29) is 22.8 Å². The van der Waals surface area contributed by atoms with Gasteiger partial charge in [0.15, 0.2) is 0 Å². The van der Waals surface area contributed by atoms with E-state index in [9.17, 15) is 13.2 Å². The number of fused-ring (bicyclic) bond motifs is 1. The fraction of sp³-hybridized carbons (Fsp3) is 0.533. The first-order valence-electron chi connectivity index (χ1n) is 7.61. The van der Waals surface area contributed by atoms with E-state index < -0.39 is 10.0 Å². The molecule has 0 aromatic heterocycles. The van der Waals surface area contributed by atoms with Gasteiger partial charge in [0.25, 0.3) is 5.91 Å². The number of benzene rings is 1. The number of carbonyl (C=O) groups excluding carboxylic acids is 1. The molecule has 2 aliphatic rings. The normalized spacial score (nSPS) is 25.4. The van der Waals surface area contributed by atoms with Crippen molar-refractivity contribution in [1.29, 1.82) is 0 Å². The average molecular weight is 323 g/mol. The van der Waals surface area contributed by atoms with Crippen molar-refractivity contribution in [3.8, 4) is 0 Å². The molecule has 120 valence electrons. The SMILES string of the molecule is CC1CCNCC1NS(=O)(=O)c1ccc2c(c1)C(=O)NCC2. The van der Waals surface area contributed by atoms with Crippen LogP contribution in [0.5, 0.6) is 0 Å². The molecule has 0 aliphatic carbocycles. The fourth-order valence-electron chi connectivity index (χ4n) is 2.97. The van der Waals surface area contributed by atoms with Gasteiger partial charge in [-0.2, -0.15) is 0 Å². The molecule has 1 aromatic carbocycles. The lowest BCUT2D eigenvalue weighted by molar-refractivity contribution is 0.0945. The van der Waals surface area contributed by atoms with Crippen LogP contribution >= 0.6 is 0 Å². The van der Waals surface area contributed by atoms with Gasteiger partial charge < -0.3 is 10.6 Å². The number of hydrogen-bond donors (Lipinski definition) is 3. The molecule has 2 atom stereocenters. The van der Waals surface area contributed by atoms with Crippen molar-refractivity contribution in [1.82, 2.24) is 15.4 Å². The van der Waals surface area contributed by atoms with Gasteiger partial charge in [-0.15, -0.1) is 0 Å². The lowest BCUT2D eigenvalue weighted by Gasteiger charge is -2.30. The molecule has 1 fully saturated rings. The first-order chi connectivity index (χ1) is 10.5. The molecule has 1 saturated heterocycles. The van der Waals surface area contributed by atoms with E-state index in [0.717, 1.165) is 24.9 Å². The summed E-state index contributed by atoms with van der Waals surface area (Å²) in [6, 6.07) is 4.68. The third kappa shape index (κ3) is 3.02. The monoisotopic (exact) mass is 323 g/mol. The van der Waals surface area contributed by atoms with Gasteiger partial charge in [0.05, 0.1) is 4.90 Å². The van der Waals surface area contributed by atoms with Gasteiger partial charge in [-0.1, -0.05) is 13.0 Å². The lowest BCUT2D eigenvalue weighted by Crippen LogP contribution is -2.50. The van der Waals surface area contributed by atoms with Crippen LogP contribution in [-0.2, 0) is 16.4 Å². The number of carbonyl (C=O) groups is 1. The summed E-state index contributed by atoms with van der Waals surface area (Å²) in [5, 5.41) is 5.95. The summed E-state index contributed by atoms with van der Waals surface area (Å²) in [5.74, 6) is 0.0861. The van der Waals surface area contributed by atoms with Gasteiger partial charge in [0, 0.05) is 24.7 Å². The molecular formula is C15H21N3O3S. The highest BCUT2D eigenvalue weighted by atomic mass is 32.2.